The van der Waals surface area contributed by atoms with E-state index in [-0.39, 0.29) is 11.8 Å². The number of hydrogen-bond donors (Lipinski definition) is 2. The van der Waals surface area contributed by atoms with Crippen LogP contribution in [0, 0.1) is 18.8 Å². The Balaban J connectivity index is 1.83. The molecule has 0 aliphatic heterocycles. The first-order valence-electron chi connectivity index (χ1n) is 9.09. The Labute approximate surface area is 163 Å². The highest BCUT2D eigenvalue weighted by Crippen LogP contribution is 2.31. The molecule has 0 spiro atoms. The Morgan fingerprint density at radius 1 is 1.33 bits per heavy atom. The van der Waals surface area contributed by atoms with E-state index < -0.39 is 0 Å². The van der Waals surface area contributed by atoms with E-state index in [9.17, 15) is 4.79 Å². The summed E-state index contributed by atoms with van der Waals surface area (Å²) in [6, 6.07) is 0. The van der Waals surface area contributed by atoms with Crippen LogP contribution < -0.4 is 11.1 Å². The van der Waals surface area contributed by atoms with E-state index in [4.69, 9.17) is 5.73 Å². The Bertz CT molecular complexity index is 945. The van der Waals surface area contributed by atoms with Gasteiger partial charge in [-0.2, -0.15) is 5.10 Å². The average Bonchev–Trinajstić information content (AvgIpc) is 3.16. The molecule has 0 saturated heterocycles. The van der Waals surface area contributed by atoms with Gasteiger partial charge in [0.25, 0.3) is 0 Å². The third-order valence-electron chi connectivity index (χ3n) is 4.41. The zero-order valence-electron chi connectivity index (χ0n) is 16.2. The molecule has 0 radical (unpaired) electrons. The minimum Gasteiger partial charge on any atom is -0.369 e. The first kappa shape index (κ1) is 19.3. The van der Waals surface area contributed by atoms with Crippen LogP contribution in [-0.2, 0) is 24.7 Å². The van der Waals surface area contributed by atoms with Crippen molar-refractivity contribution in [2.24, 2.45) is 24.6 Å². The predicted octanol–water partition coefficient (Wildman–Crippen LogP) is 2.69. The lowest BCUT2D eigenvalue weighted by Crippen LogP contribution is -2.31. The summed E-state index contributed by atoms with van der Waals surface area (Å²) < 4.78 is 1.72. The summed E-state index contributed by atoms with van der Waals surface area (Å²) in [5.74, 6) is 1.37. The van der Waals surface area contributed by atoms with Crippen molar-refractivity contribution in [1.29, 1.82) is 0 Å². The van der Waals surface area contributed by atoms with Crippen molar-refractivity contribution in [2.75, 3.05) is 11.9 Å². The molecule has 144 valence electrons. The van der Waals surface area contributed by atoms with Gasteiger partial charge in [0.15, 0.2) is 0 Å². The molecule has 0 aliphatic carbocycles. The lowest BCUT2D eigenvalue weighted by molar-refractivity contribution is -0.121. The topological polar surface area (TPSA) is 98.7 Å². The molecule has 8 heteroatoms. The summed E-state index contributed by atoms with van der Waals surface area (Å²) in [4.78, 5) is 22.1. The van der Waals surface area contributed by atoms with Gasteiger partial charge in [-0.15, -0.1) is 11.3 Å². The third kappa shape index (κ3) is 4.63. The van der Waals surface area contributed by atoms with Crippen LogP contribution in [0.1, 0.15) is 30.8 Å². The van der Waals surface area contributed by atoms with Crippen molar-refractivity contribution in [2.45, 2.75) is 33.6 Å². The molecule has 3 rings (SSSR count). The van der Waals surface area contributed by atoms with Gasteiger partial charge >= 0.3 is 0 Å². The van der Waals surface area contributed by atoms with Gasteiger partial charge in [-0.05, 0) is 42.2 Å². The van der Waals surface area contributed by atoms with E-state index in [1.54, 1.807) is 22.2 Å². The Kier molecular flexibility index (Phi) is 5.74. The number of aromatic nitrogens is 4. The number of anilines is 1. The largest absolute Gasteiger partial charge is 0.369 e. The number of hydrogen-bond acceptors (Lipinski definition) is 6. The molecule has 3 heterocycles. The fourth-order valence-corrected chi connectivity index (χ4v) is 4.18. The fourth-order valence-electron chi connectivity index (χ4n) is 3.18. The Morgan fingerprint density at radius 2 is 2.11 bits per heavy atom. The number of fused-ring (bicyclic) bond motifs is 1. The normalized spacial score (nSPS) is 12.6. The highest BCUT2D eigenvalue weighted by molar-refractivity contribution is 7.17. The fraction of sp³-hybridized carbons (Fsp3) is 0.474. The number of carbonyl (C=O) groups excluding carboxylic acids is 1. The van der Waals surface area contributed by atoms with Gasteiger partial charge in [0.1, 0.15) is 16.5 Å². The number of nitrogens with zero attached hydrogens (tertiary/aromatic N) is 4. The molecule has 0 aliphatic rings. The van der Waals surface area contributed by atoms with Gasteiger partial charge in [0.05, 0.1) is 17.5 Å². The molecule has 0 fully saturated rings. The number of aryl methyl sites for hydroxylation is 2. The maximum Gasteiger partial charge on any atom is 0.222 e. The van der Waals surface area contributed by atoms with Crippen LogP contribution in [0.5, 0.6) is 0 Å². The number of thiophene rings is 1. The zero-order valence-corrected chi connectivity index (χ0v) is 17.0. The molecule has 0 saturated carbocycles. The molecule has 27 heavy (non-hydrogen) atoms. The lowest BCUT2D eigenvalue weighted by Gasteiger charge is -2.15. The van der Waals surface area contributed by atoms with E-state index in [0.29, 0.717) is 24.7 Å². The molecular weight excluding hydrogens is 360 g/mol. The monoisotopic (exact) mass is 386 g/mol. The van der Waals surface area contributed by atoms with E-state index in [1.807, 2.05) is 20.2 Å². The van der Waals surface area contributed by atoms with Crippen LogP contribution >= 0.6 is 11.3 Å². The van der Waals surface area contributed by atoms with Crippen LogP contribution in [0.3, 0.4) is 0 Å². The zero-order chi connectivity index (χ0) is 19.6. The minimum atomic E-state index is -0.341. The van der Waals surface area contributed by atoms with Gasteiger partial charge < -0.3 is 11.1 Å². The lowest BCUT2D eigenvalue weighted by atomic mass is 10.0. The smallest absolute Gasteiger partial charge is 0.222 e. The minimum absolute atomic E-state index is 0.332. The van der Waals surface area contributed by atoms with Gasteiger partial charge in [-0.25, -0.2) is 9.97 Å². The maximum atomic E-state index is 11.9. The number of nitrogens with two attached hydrogens (primary N) is 1. The maximum absolute atomic E-state index is 11.9. The van der Waals surface area contributed by atoms with Crippen molar-refractivity contribution >= 4 is 33.3 Å². The van der Waals surface area contributed by atoms with Crippen LogP contribution in [0.15, 0.2) is 17.8 Å². The van der Waals surface area contributed by atoms with Crippen molar-refractivity contribution in [3.8, 4) is 0 Å². The van der Waals surface area contributed by atoms with Crippen molar-refractivity contribution in [3.05, 3.63) is 34.7 Å². The van der Waals surface area contributed by atoms with Crippen LogP contribution in [0.25, 0.3) is 10.2 Å². The molecule has 0 bridgehead atoms. The molecule has 3 aromatic rings. The number of amides is 1. The Hall–Kier alpha value is -2.48. The van der Waals surface area contributed by atoms with E-state index in [0.717, 1.165) is 28.0 Å². The first-order chi connectivity index (χ1) is 12.8. The summed E-state index contributed by atoms with van der Waals surface area (Å²) in [5, 5.41) is 10.7. The third-order valence-corrected chi connectivity index (χ3v) is 5.33. The second kappa shape index (κ2) is 8.04. The van der Waals surface area contributed by atoms with Crippen LogP contribution in [0.4, 0.5) is 5.82 Å². The van der Waals surface area contributed by atoms with Crippen LogP contribution in [0.2, 0.25) is 0 Å². The Morgan fingerprint density at radius 3 is 2.74 bits per heavy atom. The predicted molar refractivity (Wildman–Crippen MR) is 109 cm³/mol. The van der Waals surface area contributed by atoms with E-state index in [1.165, 1.54) is 5.56 Å². The molecule has 3 aromatic heterocycles. The van der Waals surface area contributed by atoms with Crippen LogP contribution in [-0.4, -0.2) is 32.2 Å². The molecule has 1 atom stereocenters. The number of nitrogens with one attached hydrogen (secondary N) is 1. The molecule has 1 amide bonds. The first-order valence-corrected chi connectivity index (χ1v) is 9.97. The van der Waals surface area contributed by atoms with Crippen molar-refractivity contribution in [1.82, 2.24) is 19.7 Å². The van der Waals surface area contributed by atoms with Gasteiger partial charge in [-0.3, -0.25) is 9.48 Å². The SMILES string of the molecule is Cc1nc(NCC(Cc2cnn(C)c2)C(N)=O)c2c(CC(C)C)csc2n1. The number of carbonyl (C=O) groups is 1. The molecular formula is C19H26N6OS. The quantitative estimate of drug-likeness (QED) is 0.620. The van der Waals surface area contributed by atoms with Crippen molar-refractivity contribution in [3.63, 3.8) is 0 Å². The molecule has 1 unspecified atom stereocenters. The standard InChI is InChI=1S/C19H26N6OS/c1-11(2)5-15-10-27-19-16(15)18(23-12(3)24-19)21-8-14(17(20)26)6-13-7-22-25(4)9-13/h7,9-11,14H,5-6,8H2,1-4H3,(H2,20,26)(H,21,23,24). The van der Waals surface area contributed by atoms with Gasteiger partial charge in [-0.1, -0.05) is 13.8 Å². The van der Waals surface area contributed by atoms with Crippen molar-refractivity contribution < 1.29 is 4.79 Å². The molecule has 3 N–H and O–H groups in total. The average molecular weight is 387 g/mol. The molecule has 0 aromatic carbocycles. The number of primary amides is 1. The second-order valence-corrected chi connectivity index (χ2v) is 8.22. The van der Waals surface area contributed by atoms with E-state index in [2.05, 4.69) is 39.6 Å². The second-order valence-electron chi connectivity index (χ2n) is 7.37. The highest BCUT2D eigenvalue weighted by Gasteiger charge is 2.19. The summed E-state index contributed by atoms with van der Waals surface area (Å²) in [6.07, 6.45) is 5.19. The van der Waals surface area contributed by atoms with Gasteiger partial charge in [0, 0.05) is 19.8 Å². The summed E-state index contributed by atoms with van der Waals surface area (Å²) >= 11 is 1.64. The number of rotatable bonds is 8. The van der Waals surface area contributed by atoms with Gasteiger partial charge in [0.2, 0.25) is 5.91 Å². The molecule has 7 nitrogen and oxygen atoms in total. The highest BCUT2D eigenvalue weighted by atomic mass is 32.1. The summed E-state index contributed by atoms with van der Waals surface area (Å²) in [5.41, 5.74) is 7.87. The summed E-state index contributed by atoms with van der Waals surface area (Å²) in [7, 11) is 1.86. The summed E-state index contributed by atoms with van der Waals surface area (Å²) in [6.45, 7) is 6.70. The van der Waals surface area contributed by atoms with E-state index >= 15 is 0 Å².